The maximum Gasteiger partial charge on any atom is 0.234 e. The van der Waals surface area contributed by atoms with Crippen LogP contribution >= 0.6 is 0 Å². The Hall–Kier alpha value is -1.72. The number of epoxide rings is 2. The van der Waals surface area contributed by atoms with Gasteiger partial charge in [-0.3, -0.25) is 0 Å². The summed E-state index contributed by atoms with van der Waals surface area (Å²) in [6.07, 6.45) is 2.97. The number of ether oxygens (including phenoxy) is 4. The zero-order valence-corrected chi connectivity index (χ0v) is 14.6. The van der Waals surface area contributed by atoms with E-state index in [1.807, 2.05) is 12.1 Å². The molecule has 3 spiro atoms. The molecule has 0 amide bonds. The molecule has 2 aromatic rings. The first-order chi connectivity index (χ1) is 12.8. The van der Waals surface area contributed by atoms with Crippen molar-refractivity contribution in [1.82, 2.24) is 0 Å². The van der Waals surface area contributed by atoms with Crippen molar-refractivity contribution in [1.29, 1.82) is 0 Å². The predicted molar refractivity (Wildman–Crippen MR) is 94.5 cm³/mol. The summed E-state index contributed by atoms with van der Waals surface area (Å²) in [6, 6.07) is 20.8. The van der Waals surface area contributed by atoms with Crippen LogP contribution in [0.5, 0.6) is 0 Å². The van der Waals surface area contributed by atoms with Crippen LogP contribution in [0.3, 0.4) is 0 Å². The molecule has 3 heterocycles. The van der Waals surface area contributed by atoms with E-state index in [0.717, 1.165) is 19.3 Å². The summed E-state index contributed by atoms with van der Waals surface area (Å²) < 4.78 is 25.5. The largest absolute Gasteiger partial charge is 0.355 e. The molecule has 4 fully saturated rings. The number of hydrogen-bond donors (Lipinski definition) is 0. The molecule has 0 N–H and O–H groups in total. The number of fused-ring (bicyclic) bond motifs is 2. The van der Waals surface area contributed by atoms with Crippen LogP contribution in [0.1, 0.15) is 42.6 Å². The highest BCUT2D eigenvalue weighted by Crippen LogP contribution is 2.74. The molecule has 2 aromatic carbocycles. The van der Waals surface area contributed by atoms with Gasteiger partial charge < -0.3 is 18.9 Å². The molecule has 1 saturated carbocycles. The van der Waals surface area contributed by atoms with E-state index in [1.54, 1.807) is 0 Å². The van der Waals surface area contributed by atoms with Crippen LogP contribution in [0.4, 0.5) is 0 Å². The number of hydrogen-bond acceptors (Lipinski definition) is 4. The standard InChI is InChI=1S/C22H22O4/c1-3-8-16(9-4-1)18-20(25-18)12-7-13-21(22(20)23-14-15-24-22)19(26-21)17-10-5-2-6-11-17/h1-6,8-11,18-19H,7,12-15H2/t18-,19-,20-,21+/m0/s1. The second-order valence-electron chi connectivity index (χ2n) is 7.76. The minimum absolute atomic E-state index is 0.0135. The van der Waals surface area contributed by atoms with Gasteiger partial charge >= 0.3 is 0 Å². The molecular formula is C22H22O4. The Labute approximate surface area is 153 Å². The van der Waals surface area contributed by atoms with E-state index in [0.29, 0.717) is 13.2 Å². The molecule has 3 saturated heterocycles. The molecule has 0 bridgehead atoms. The maximum absolute atomic E-state index is 6.40. The number of rotatable bonds is 2. The summed E-state index contributed by atoms with van der Waals surface area (Å²) in [5, 5.41) is 0. The van der Waals surface area contributed by atoms with Crippen LogP contribution < -0.4 is 0 Å². The van der Waals surface area contributed by atoms with Crippen LogP contribution in [0.25, 0.3) is 0 Å². The SMILES string of the molecule is c1ccc([C@@H]2O[C@@]23CCC[C@]2(O[C@H]2c2ccccc2)C32OCCO2)cc1. The Morgan fingerprint density at radius 3 is 1.58 bits per heavy atom. The molecule has 4 aliphatic rings. The Kier molecular flexibility index (Phi) is 3.05. The van der Waals surface area contributed by atoms with Crippen molar-refractivity contribution in [3.8, 4) is 0 Å². The van der Waals surface area contributed by atoms with E-state index < -0.39 is 17.0 Å². The lowest BCUT2D eigenvalue weighted by molar-refractivity contribution is -0.258. The van der Waals surface area contributed by atoms with Crippen LogP contribution in [0.15, 0.2) is 60.7 Å². The third kappa shape index (κ3) is 1.78. The summed E-state index contributed by atoms with van der Waals surface area (Å²) in [5.74, 6) is -0.806. The first-order valence-electron chi connectivity index (χ1n) is 9.55. The summed E-state index contributed by atoms with van der Waals surface area (Å²) >= 11 is 0. The van der Waals surface area contributed by atoms with Gasteiger partial charge in [-0.1, -0.05) is 60.7 Å². The van der Waals surface area contributed by atoms with Gasteiger partial charge in [-0.05, 0) is 30.4 Å². The molecule has 4 atom stereocenters. The third-order valence-electron chi connectivity index (χ3n) is 6.50. The van der Waals surface area contributed by atoms with E-state index >= 15 is 0 Å². The van der Waals surface area contributed by atoms with Gasteiger partial charge in [0.05, 0.1) is 13.2 Å². The van der Waals surface area contributed by atoms with Gasteiger partial charge in [-0.15, -0.1) is 0 Å². The van der Waals surface area contributed by atoms with Crippen LogP contribution in [0.2, 0.25) is 0 Å². The molecule has 0 radical (unpaired) electrons. The highest BCUT2D eigenvalue weighted by molar-refractivity contribution is 5.39. The molecule has 4 nitrogen and oxygen atoms in total. The van der Waals surface area contributed by atoms with E-state index in [1.165, 1.54) is 11.1 Å². The topological polar surface area (TPSA) is 43.5 Å². The normalized spacial score (nSPS) is 39.5. The fraction of sp³-hybridized carbons (Fsp3) is 0.455. The van der Waals surface area contributed by atoms with E-state index in [4.69, 9.17) is 18.9 Å². The Balaban J connectivity index is 1.41. The van der Waals surface area contributed by atoms with Gasteiger partial charge in [-0.25, -0.2) is 0 Å². The first kappa shape index (κ1) is 15.3. The zero-order valence-electron chi connectivity index (χ0n) is 14.6. The minimum Gasteiger partial charge on any atom is -0.355 e. The van der Waals surface area contributed by atoms with Crippen molar-refractivity contribution in [3.63, 3.8) is 0 Å². The Bertz CT molecular complexity index is 753. The summed E-state index contributed by atoms with van der Waals surface area (Å²) in [7, 11) is 0. The van der Waals surface area contributed by atoms with E-state index in [-0.39, 0.29) is 12.2 Å². The number of benzene rings is 2. The van der Waals surface area contributed by atoms with Crippen molar-refractivity contribution in [2.24, 2.45) is 0 Å². The second-order valence-corrected chi connectivity index (χ2v) is 7.76. The minimum atomic E-state index is -0.806. The molecule has 1 aliphatic carbocycles. The smallest absolute Gasteiger partial charge is 0.234 e. The average Bonchev–Trinajstić information content (AvgIpc) is 3.56. The molecule has 134 valence electrons. The maximum atomic E-state index is 6.40. The molecule has 0 aromatic heterocycles. The Morgan fingerprint density at radius 2 is 1.12 bits per heavy atom. The van der Waals surface area contributed by atoms with Crippen molar-refractivity contribution < 1.29 is 18.9 Å². The summed E-state index contributed by atoms with van der Waals surface area (Å²) in [4.78, 5) is 0. The van der Waals surface area contributed by atoms with Gasteiger partial charge in [-0.2, -0.15) is 0 Å². The fourth-order valence-electron chi connectivity index (χ4n) is 5.37. The molecule has 4 heteroatoms. The first-order valence-corrected chi connectivity index (χ1v) is 9.55. The third-order valence-corrected chi connectivity index (χ3v) is 6.50. The van der Waals surface area contributed by atoms with E-state index in [9.17, 15) is 0 Å². The lowest BCUT2D eigenvalue weighted by Gasteiger charge is -2.43. The predicted octanol–water partition coefficient (Wildman–Crippen LogP) is 3.93. The summed E-state index contributed by atoms with van der Waals surface area (Å²) in [5.41, 5.74) is 1.51. The quantitative estimate of drug-likeness (QED) is 0.770. The van der Waals surface area contributed by atoms with Gasteiger partial charge in [0.2, 0.25) is 5.79 Å². The fourth-order valence-corrected chi connectivity index (χ4v) is 5.37. The molecule has 0 unspecified atom stereocenters. The lowest BCUT2D eigenvalue weighted by Crippen LogP contribution is -2.61. The van der Waals surface area contributed by atoms with Crippen LogP contribution in [0, 0.1) is 0 Å². The van der Waals surface area contributed by atoms with Crippen LogP contribution in [-0.2, 0) is 18.9 Å². The van der Waals surface area contributed by atoms with Gasteiger partial charge in [0, 0.05) is 0 Å². The highest BCUT2D eigenvalue weighted by atomic mass is 16.8. The molecule has 6 rings (SSSR count). The zero-order chi connectivity index (χ0) is 17.2. The molecular weight excluding hydrogens is 328 g/mol. The van der Waals surface area contributed by atoms with Crippen molar-refractivity contribution in [2.75, 3.05) is 13.2 Å². The monoisotopic (exact) mass is 350 g/mol. The highest BCUT2D eigenvalue weighted by Gasteiger charge is 2.87. The van der Waals surface area contributed by atoms with Gasteiger partial charge in [0.1, 0.15) is 12.2 Å². The molecule has 3 aliphatic heterocycles. The van der Waals surface area contributed by atoms with Crippen molar-refractivity contribution in [3.05, 3.63) is 71.8 Å². The van der Waals surface area contributed by atoms with Crippen molar-refractivity contribution >= 4 is 0 Å². The van der Waals surface area contributed by atoms with Gasteiger partial charge in [0.25, 0.3) is 0 Å². The van der Waals surface area contributed by atoms with Gasteiger partial charge in [0.15, 0.2) is 11.2 Å². The summed E-state index contributed by atoms with van der Waals surface area (Å²) in [6.45, 7) is 1.19. The Morgan fingerprint density at radius 1 is 0.654 bits per heavy atom. The van der Waals surface area contributed by atoms with Crippen molar-refractivity contribution in [2.45, 2.75) is 48.5 Å². The lowest BCUT2D eigenvalue weighted by atomic mass is 9.70. The van der Waals surface area contributed by atoms with Crippen LogP contribution in [-0.4, -0.2) is 30.2 Å². The van der Waals surface area contributed by atoms with E-state index in [2.05, 4.69) is 48.5 Å². The molecule has 26 heavy (non-hydrogen) atoms. The average molecular weight is 350 g/mol. The second kappa shape index (κ2) is 5.17.